The Hall–Kier alpha value is -2.26. The number of alkyl halides is 3. The fourth-order valence-corrected chi connectivity index (χ4v) is 2.63. The molecule has 1 saturated carbocycles. The fraction of sp³-hybridized carbons (Fsp3) is 0.412. The lowest BCUT2D eigenvalue weighted by Gasteiger charge is -2.13. The zero-order valence-electron chi connectivity index (χ0n) is 14.2. The summed E-state index contributed by atoms with van der Waals surface area (Å²) in [5, 5.41) is 14.8. The molecule has 0 unspecified atom stereocenters. The van der Waals surface area contributed by atoms with Crippen molar-refractivity contribution >= 4 is 29.1 Å². The third-order valence-electron chi connectivity index (χ3n) is 3.79. The average molecular weight is 403 g/mol. The summed E-state index contributed by atoms with van der Waals surface area (Å²) >= 11 is 5.88. The van der Waals surface area contributed by atoms with Crippen LogP contribution in [-0.4, -0.2) is 34.6 Å². The van der Waals surface area contributed by atoms with Crippen molar-refractivity contribution in [3.8, 4) is 5.75 Å². The van der Waals surface area contributed by atoms with Crippen LogP contribution in [0, 0.1) is 0 Å². The molecule has 0 bridgehead atoms. The molecular formula is C17H18ClF3N4O2. The summed E-state index contributed by atoms with van der Waals surface area (Å²) in [6.07, 6.45) is -2.13. The van der Waals surface area contributed by atoms with E-state index >= 15 is 0 Å². The maximum absolute atomic E-state index is 12.3. The predicted octanol–water partition coefficient (Wildman–Crippen LogP) is 4.44. The van der Waals surface area contributed by atoms with Gasteiger partial charge in [-0.15, -0.1) is 13.2 Å². The van der Waals surface area contributed by atoms with Gasteiger partial charge in [0.2, 0.25) is 5.95 Å². The van der Waals surface area contributed by atoms with Gasteiger partial charge in [-0.1, -0.05) is 11.6 Å². The van der Waals surface area contributed by atoms with E-state index in [1.807, 2.05) is 6.07 Å². The van der Waals surface area contributed by atoms with Crippen molar-refractivity contribution in [3.05, 3.63) is 35.0 Å². The number of anilines is 3. The lowest BCUT2D eigenvalue weighted by Crippen LogP contribution is -2.17. The molecule has 1 heterocycles. The lowest BCUT2D eigenvalue weighted by molar-refractivity contribution is -0.274. The molecule has 27 heavy (non-hydrogen) atoms. The monoisotopic (exact) mass is 402 g/mol. The van der Waals surface area contributed by atoms with Gasteiger partial charge in [-0.25, -0.2) is 4.98 Å². The van der Waals surface area contributed by atoms with Crippen LogP contribution < -0.4 is 15.4 Å². The van der Waals surface area contributed by atoms with E-state index in [2.05, 4.69) is 25.3 Å². The van der Waals surface area contributed by atoms with Crippen LogP contribution in [0.3, 0.4) is 0 Å². The van der Waals surface area contributed by atoms with Crippen LogP contribution in [0.5, 0.6) is 5.75 Å². The number of hydrogen-bond donors (Lipinski definition) is 3. The Morgan fingerprint density at radius 2 is 2.00 bits per heavy atom. The minimum Gasteiger partial charge on any atom is -0.404 e. The third kappa shape index (κ3) is 5.86. The minimum absolute atomic E-state index is 0.0608. The third-order valence-corrected chi connectivity index (χ3v) is 4.08. The molecular weight excluding hydrogens is 385 g/mol. The number of nitrogens with zero attached hydrogens (tertiary/aromatic N) is 2. The second-order valence-electron chi connectivity index (χ2n) is 6.10. The number of halogens is 4. The first-order valence-electron chi connectivity index (χ1n) is 8.40. The largest absolute Gasteiger partial charge is 0.573 e. The zero-order chi connectivity index (χ0) is 19.4. The van der Waals surface area contributed by atoms with Crippen LogP contribution in [0.2, 0.25) is 5.02 Å². The summed E-state index contributed by atoms with van der Waals surface area (Å²) in [7, 11) is 0. The van der Waals surface area contributed by atoms with Crippen LogP contribution in [0.4, 0.5) is 30.6 Å². The Labute approximate surface area is 158 Å². The fourth-order valence-electron chi connectivity index (χ4n) is 2.41. The predicted molar refractivity (Wildman–Crippen MR) is 95.6 cm³/mol. The van der Waals surface area contributed by atoms with Gasteiger partial charge in [0, 0.05) is 30.8 Å². The van der Waals surface area contributed by atoms with E-state index in [0.717, 1.165) is 24.6 Å². The first kappa shape index (κ1) is 19.5. The van der Waals surface area contributed by atoms with E-state index in [4.69, 9.17) is 16.7 Å². The normalized spacial score (nSPS) is 14.1. The molecule has 1 aromatic carbocycles. The summed E-state index contributed by atoms with van der Waals surface area (Å²) in [6, 6.07) is 5.70. The van der Waals surface area contributed by atoms with Gasteiger partial charge in [0.25, 0.3) is 0 Å². The number of aliphatic hydroxyl groups excluding tert-OH is 1. The number of benzene rings is 1. The second kappa shape index (κ2) is 8.18. The van der Waals surface area contributed by atoms with Crippen LogP contribution in [-0.2, 0) is 0 Å². The van der Waals surface area contributed by atoms with Gasteiger partial charge in [-0.2, -0.15) is 4.98 Å². The molecule has 1 aliphatic carbocycles. The highest BCUT2D eigenvalue weighted by atomic mass is 35.5. The molecule has 0 atom stereocenters. The molecule has 146 valence electrons. The van der Waals surface area contributed by atoms with E-state index in [1.165, 1.54) is 12.1 Å². The molecule has 1 fully saturated rings. The number of rotatable bonds is 8. The summed E-state index contributed by atoms with van der Waals surface area (Å²) in [5.41, 5.74) is 1.36. The van der Waals surface area contributed by atoms with Crippen molar-refractivity contribution < 1.29 is 23.0 Å². The highest BCUT2D eigenvalue weighted by Crippen LogP contribution is 2.40. The number of ether oxygens (including phenoxy) is 1. The van der Waals surface area contributed by atoms with E-state index < -0.39 is 12.1 Å². The van der Waals surface area contributed by atoms with Crippen molar-refractivity contribution in [2.45, 2.75) is 31.5 Å². The summed E-state index contributed by atoms with van der Waals surface area (Å²) in [6.45, 7) is 0.588. The van der Waals surface area contributed by atoms with Gasteiger partial charge in [0.05, 0.1) is 10.7 Å². The van der Waals surface area contributed by atoms with E-state index in [-0.39, 0.29) is 11.6 Å². The summed E-state index contributed by atoms with van der Waals surface area (Å²) < 4.78 is 40.8. The summed E-state index contributed by atoms with van der Waals surface area (Å²) in [5.74, 6) is 0.845. The molecule has 2 aromatic rings. The van der Waals surface area contributed by atoms with Crippen molar-refractivity contribution in [3.63, 3.8) is 0 Å². The number of hydrogen-bond acceptors (Lipinski definition) is 6. The first-order valence-corrected chi connectivity index (χ1v) is 8.78. The van der Waals surface area contributed by atoms with E-state index in [9.17, 15) is 13.2 Å². The van der Waals surface area contributed by atoms with Gasteiger partial charge in [-0.05, 0) is 37.5 Å². The SMILES string of the molecule is OCCCNc1nc(Nc2ccc(OC(F)(F)F)c(Cl)c2)cc(C2CC2)n1. The molecule has 1 aliphatic rings. The number of nitrogens with one attached hydrogen (secondary N) is 2. The number of aromatic nitrogens is 2. The van der Waals surface area contributed by atoms with Gasteiger partial charge < -0.3 is 20.5 Å². The Morgan fingerprint density at radius 3 is 2.63 bits per heavy atom. The quantitative estimate of drug-likeness (QED) is 0.566. The maximum Gasteiger partial charge on any atom is 0.573 e. The maximum atomic E-state index is 12.3. The Bertz CT molecular complexity index is 800. The molecule has 0 amide bonds. The standard InChI is InChI=1S/C17H18ClF3N4O2/c18-12-8-11(4-5-14(12)27-17(19,20)21)23-15-9-13(10-2-3-10)24-16(25-15)22-6-1-7-26/h4-5,8-10,26H,1-3,6-7H2,(H2,22,23,24,25). The van der Waals surface area contributed by atoms with Gasteiger partial charge >= 0.3 is 6.36 Å². The smallest absolute Gasteiger partial charge is 0.404 e. The molecule has 0 radical (unpaired) electrons. The van der Waals surface area contributed by atoms with Gasteiger partial charge in [0.15, 0.2) is 0 Å². The second-order valence-corrected chi connectivity index (χ2v) is 6.51. The van der Waals surface area contributed by atoms with Crippen molar-refractivity contribution in [2.75, 3.05) is 23.8 Å². The van der Waals surface area contributed by atoms with Crippen molar-refractivity contribution in [1.29, 1.82) is 0 Å². The van der Waals surface area contributed by atoms with Crippen molar-refractivity contribution in [2.24, 2.45) is 0 Å². The molecule has 3 N–H and O–H groups in total. The topological polar surface area (TPSA) is 79.3 Å². The Balaban J connectivity index is 1.76. The highest BCUT2D eigenvalue weighted by molar-refractivity contribution is 6.32. The molecule has 3 rings (SSSR count). The molecule has 0 spiro atoms. The first-order chi connectivity index (χ1) is 12.8. The number of aliphatic hydroxyl groups is 1. The highest BCUT2D eigenvalue weighted by Gasteiger charge is 2.32. The Morgan fingerprint density at radius 1 is 1.22 bits per heavy atom. The Kier molecular flexibility index (Phi) is 5.91. The summed E-state index contributed by atoms with van der Waals surface area (Å²) in [4.78, 5) is 8.82. The van der Waals surface area contributed by atoms with Gasteiger partial charge in [0.1, 0.15) is 11.6 Å². The van der Waals surface area contributed by atoms with E-state index in [1.54, 1.807) is 0 Å². The van der Waals surface area contributed by atoms with E-state index in [0.29, 0.717) is 36.3 Å². The van der Waals surface area contributed by atoms with Crippen LogP contribution in [0.1, 0.15) is 30.9 Å². The van der Waals surface area contributed by atoms with Gasteiger partial charge in [-0.3, -0.25) is 0 Å². The minimum atomic E-state index is -4.81. The molecule has 0 aliphatic heterocycles. The van der Waals surface area contributed by atoms with Crippen LogP contribution >= 0.6 is 11.6 Å². The lowest BCUT2D eigenvalue weighted by atomic mass is 10.2. The molecule has 10 heteroatoms. The van der Waals surface area contributed by atoms with Crippen molar-refractivity contribution in [1.82, 2.24) is 9.97 Å². The van der Waals surface area contributed by atoms with Crippen LogP contribution in [0.15, 0.2) is 24.3 Å². The molecule has 0 saturated heterocycles. The average Bonchev–Trinajstić information content (AvgIpc) is 3.41. The zero-order valence-corrected chi connectivity index (χ0v) is 14.9. The molecule has 6 nitrogen and oxygen atoms in total. The van der Waals surface area contributed by atoms with Crippen LogP contribution in [0.25, 0.3) is 0 Å². The molecule has 1 aromatic heterocycles.